The van der Waals surface area contributed by atoms with Gasteiger partial charge in [-0.1, -0.05) is 19.3 Å². The lowest BCUT2D eigenvalue weighted by molar-refractivity contribution is 0.186. The van der Waals surface area contributed by atoms with Gasteiger partial charge in [0.2, 0.25) is 0 Å². The Kier molecular flexibility index (Phi) is 3.51. The quantitative estimate of drug-likeness (QED) is 0.622. The van der Waals surface area contributed by atoms with Crippen LogP contribution in [0.5, 0.6) is 0 Å². The summed E-state index contributed by atoms with van der Waals surface area (Å²) in [6.07, 6.45) is 8.58. The number of hydrogen-bond acceptors (Lipinski definition) is 1. The van der Waals surface area contributed by atoms with Crippen molar-refractivity contribution in [2.24, 2.45) is 5.92 Å². The maximum Gasteiger partial charge on any atom is 0.0264 e. The third-order valence-corrected chi connectivity index (χ3v) is 4.06. The molecule has 0 N–H and O–H groups in total. The fourth-order valence-corrected chi connectivity index (χ4v) is 3.02. The molecule has 1 saturated carbocycles. The summed E-state index contributed by atoms with van der Waals surface area (Å²) in [6.45, 7) is 2.58. The Morgan fingerprint density at radius 2 is 1.85 bits per heavy atom. The second-order valence-corrected chi connectivity index (χ2v) is 4.90. The third kappa shape index (κ3) is 2.38. The highest BCUT2D eigenvalue weighted by atomic mass is 35.5. The van der Waals surface area contributed by atoms with Crippen LogP contribution >= 0.6 is 11.6 Å². The minimum atomic E-state index is 0.781. The van der Waals surface area contributed by atoms with E-state index in [0.717, 1.165) is 17.8 Å². The minimum Gasteiger partial charge on any atom is -0.300 e. The predicted molar refractivity (Wildman–Crippen MR) is 57.3 cm³/mol. The highest BCUT2D eigenvalue weighted by Gasteiger charge is 2.28. The zero-order valence-corrected chi connectivity index (χ0v) is 9.10. The zero-order valence-electron chi connectivity index (χ0n) is 8.34. The molecule has 1 atom stereocenters. The molecular weight excluding hydrogens is 182 g/mol. The summed E-state index contributed by atoms with van der Waals surface area (Å²) in [5, 5.41) is 0. The molecule has 76 valence electrons. The maximum absolute atomic E-state index is 5.89. The van der Waals surface area contributed by atoms with Crippen LogP contribution < -0.4 is 0 Å². The molecular formula is C11H20ClN. The van der Waals surface area contributed by atoms with E-state index in [-0.39, 0.29) is 0 Å². The van der Waals surface area contributed by atoms with Crippen LogP contribution in [0, 0.1) is 5.92 Å². The Morgan fingerprint density at radius 1 is 1.08 bits per heavy atom. The number of alkyl halides is 1. The van der Waals surface area contributed by atoms with E-state index in [1.54, 1.807) is 0 Å². The predicted octanol–water partition coefficient (Wildman–Crippen LogP) is 2.88. The third-order valence-electron chi connectivity index (χ3n) is 3.63. The molecule has 0 bridgehead atoms. The molecule has 2 rings (SSSR count). The van der Waals surface area contributed by atoms with Crippen LogP contribution in [0.2, 0.25) is 0 Å². The molecule has 0 spiro atoms. The van der Waals surface area contributed by atoms with Crippen molar-refractivity contribution in [2.45, 2.75) is 44.6 Å². The maximum atomic E-state index is 5.89. The molecule has 2 aliphatic rings. The van der Waals surface area contributed by atoms with Gasteiger partial charge in [0, 0.05) is 18.5 Å². The van der Waals surface area contributed by atoms with Crippen LogP contribution in [-0.4, -0.2) is 29.9 Å². The molecule has 2 fully saturated rings. The summed E-state index contributed by atoms with van der Waals surface area (Å²) in [5.41, 5.74) is 0. The molecule has 0 unspecified atom stereocenters. The monoisotopic (exact) mass is 201 g/mol. The SMILES string of the molecule is ClC[C@H]1CCN(C2CCCCC2)C1. The van der Waals surface area contributed by atoms with Crippen molar-refractivity contribution in [3.8, 4) is 0 Å². The van der Waals surface area contributed by atoms with E-state index in [2.05, 4.69) is 4.90 Å². The van der Waals surface area contributed by atoms with Gasteiger partial charge < -0.3 is 4.90 Å². The highest BCUT2D eigenvalue weighted by Crippen LogP contribution is 2.27. The van der Waals surface area contributed by atoms with Gasteiger partial charge in [-0.05, 0) is 31.7 Å². The van der Waals surface area contributed by atoms with E-state index in [9.17, 15) is 0 Å². The first-order chi connectivity index (χ1) is 6.40. The van der Waals surface area contributed by atoms with Crippen LogP contribution in [0.25, 0.3) is 0 Å². The lowest BCUT2D eigenvalue weighted by atomic mass is 9.94. The average Bonchev–Trinajstić information content (AvgIpc) is 2.67. The zero-order chi connectivity index (χ0) is 9.10. The lowest BCUT2D eigenvalue weighted by Gasteiger charge is -2.30. The minimum absolute atomic E-state index is 0.781. The number of rotatable bonds is 2. The standard InChI is InChI=1S/C11H20ClN/c12-8-10-6-7-13(9-10)11-4-2-1-3-5-11/h10-11H,1-9H2/t10-/m1/s1. The lowest BCUT2D eigenvalue weighted by Crippen LogP contribution is -2.35. The van der Waals surface area contributed by atoms with E-state index in [4.69, 9.17) is 11.6 Å². The van der Waals surface area contributed by atoms with Crippen molar-refractivity contribution in [1.82, 2.24) is 4.90 Å². The summed E-state index contributed by atoms with van der Waals surface area (Å²) in [4.78, 5) is 2.69. The molecule has 1 heterocycles. The molecule has 1 nitrogen and oxygen atoms in total. The van der Waals surface area contributed by atoms with Crippen molar-refractivity contribution in [2.75, 3.05) is 19.0 Å². The van der Waals surface area contributed by atoms with E-state index in [1.165, 1.54) is 51.6 Å². The van der Waals surface area contributed by atoms with Crippen molar-refractivity contribution >= 4 is 11.6 Å². The first kappa shape index (κ1) is 9.79. The first-order valence-corrected chi connectivity index (χ1v) is 6.23. The summed E-state index contributed by atoms with van der Waals surface area (Å²) >= 11 is 5.89. The summed E-state index contributed by atoms with van der Waals surface area (Å²) in [6, 6.07) is 0.905. The van der Waals surface area contributed by atoms with Crippen molar-refractivity contribution < 1.29 is 0 Å². The molecule has 0 amide bonds. The highest BCUT2D eigenvalue weighted by molar-refractivity contribution is 6.18. The van der Waals surface area contributed by atoms with Gasteiger partial charge in [0.1, 0.15) is 0 Å². The van der Waals surface area contributed by atoms with Gasteiger partial charge in [0.25, 0.3) is 0 Å². The first-order valence-electron chi connectivity index (χ1n) is 5.70. The number of halogens is 1. The normalized spacial score (nSPS) is 32.5. The topological polar surface area (TPSA) is 3.24 Å². The van der Waals surface area contributed by atoms with Crippen LogP contribution in [0.4, 0.5) is 0 Å². The Hall–Kier alpha value is 0.250. The number of nitrogens with zero attached hydrogens (tertiary/aromatic N) is 1. The summed E-state index contributed by atoms with van der Waals surface area (Å²) in [5.74, 6) is 1.65. The van der Waals surface area contributed by atoms with Gasteiger partial charge in [-0.15, -0.1) is 11.6 Å². The fourth-order valence-electron chi connectivity index (χ4n) is 2.77. The van der Waals surface area contributed by atoms with Gasteiger partial charge in [-0.2, -0.15) is 0 Å². The summed E-state index contributed by atoms with van der Waals surface area (Å²) in [7, 11) is 0. The van der Waals surface area contributed by atoms with E-state index < -0.39 is 0 Å². The van der Waals surface area contributed by atoms with Gasteiger partial charge in [-0.3, -0.25) is 0 Å². The largest absolute Gasteiger partial charge is 0.300 e. The molecule has 0 aromatic heterocycles. The Morgan fingerprint density at radius 3 is 2.46 bits per heavy atom. The van der Waals surface area contributed by atoms with Gasteiger partial charge in [0.15, 0.2) is 0 Å². The second kappa shape index (κ2) is 4.65. The molecule has 1 aliphatic carbocycles. The van der Waals surface area contributed by atoms with Crippen molar-refractivity contribution in [3.05, 3.63) is 0 Å². The van der Waals surface area contributed by atoms with Crippen molar-refractivity contribution in [3.63, 3.8) is 0 Å². The van der Waals surface area contributed by atoms with E-state index in [0.29, 0.717) is 0 Å². The van der Waals surface area contributed by atoms with Crippen LogP contribution in [-0.2, 0) is 0 Å². The van der Waals surface area contributed by atoms with Gasteiger partial charge in [0.05, 0.1) is 0 Å². The molecule has 1 saturated heterocycles. The van der Waals surface area contributed by atoms with Crippen LogP contribution in [0.1, 0.15) is 38.5 Å². The second-order valence-electron chi connectivity index (χ2n) is 4.60. The number of likely N-dealkylation sites (tertiary alicyclic amines) is 1. The Balaban J connectivity index is 1.80. The Bertz CT molecular complexity index is 154. The van der Waals surface area contributed by atoms with Gasteiger partial charge in [-0.25, -0.2) is 0 Å². The van der Waals surface area contributed by atoms with Gasteiger partial charge >= 0.3 is 0 Å². The Labute approximate surface area is 86.4 Å². The fraction of sp³-hybridized carbons (Fsp3) is 1.00. The number of hydrogen-bond donors (Lipinski definition) is 0. The van der Waals surface area contributed by atoms with Crippen LogP contribution in [0.3, 0.4) is 0 Å². The van der Waals surface area contributed by atoms with Crippen LogP contribution in [0.15, 0.2) is 0 Å². The summed E-state index contributed by atoms with van der Waals surface area (Å²) < 4.78 is 0. The molecule has 0 radical (unpaired) electrons. The molecule has 2 heteroatoms. The molecule has 13 heavy (non-hydrogen) atoms. The van der Waals surface area contributed by atoms with Crippen molar-refractivity contribution in [1.29, 1.82) is 0 Å². The van der Waals surface area contributed by atoms with E-state index >= 15 is 0 Å². The molecule has 0 aromatic rings. The molecule has 1 aliphatic heterocycles. The van der Waals surface area contributed by atoms with E-state index in [1.807, 2.05) is 0 Å². The smallest absolute Gasteiger partial charge is 0.0264 e. The molecule has 0 aromatic carbocycles. The average molecular weight is 202 g/mol.